The molecule has 0 unspecified atom stereocenters. The van der Waals surface area contributed by atoms with E-state index in [0.29, 0.717) is 5.56 Å². The van der Waals surface area contributed by atoms with Crippen molar-refractivity contribution in [2.24, 2.45) is 7.05 Å². The van der Waals surface area contributed by atoms with E-state index in [-0.39, 0.29) is 11.3 Å². The monoisotopic (exact) mass is 204 g/mol. The van der Waals surface area contributed by atoms with Gasteiger partial charge in [0.05, 0.1) is 5.69 Å². The molecule has 0 aliphatic heterocycles. The number of nitrogens with one attached hydrogen (secondary N) is 1. The van der Waals surface area contributed by atoms with Gasteiger partial charge in [0.15, 0.2) is 0 Å². The quantitative estimate of drug-likeness (QED) is 0.737. The molecule has 2 aromatic rings. The molecule has 0 atom stereocenters. The number of aromatic amines is 1. The fraction of sp³-hybridized carbons (Fsp3) is 0.182. The number of aromatic nitrogens is 2. The van der Waals surface area contributed by atoms with E-state index in [1.54, 1.807) is 38.2 Å². The van der Waals surface area contributed by atoms with Crippen LogP contribution in [0.2, 0.25) is 0 Å². The molecule has 1 heterocycles. The molecular formula is C11H12N2O2. The smallest absolute Gasteiger partial charge is 0.269 e. The molecule has 2 N–H and O–H groups in total. The lowest BCUT2D eigenvalue weighted by atomic mass is 10.1. The third kappa shape index (κ3) is 1.54. The molecule has 0 fully saturated rings. The Kier molecular flexibility index (Phi) is 2.11. The SMILES string of the molecule is Cc1c(-c2ccc(O)cc2)[nH]n(C)c1=O. The van der Waals surface area contributed by atoms with Gasteiger partial charge in [0.1, 0.15) is 5.75 Å². The number of hydrogen-bond acceptors (Lipinski definition) is 2. The molecule has 4 nitrogen and oxygen atoms in total. The molecular weight excluding hydrogens is 192 g/mol. The van der Waals surface area contributed by atoms with Gasteiger partial charge in [-0.05, 0) is 31.2 Å². The number of phenolic OH excluding ortho intramolecular Hbond substituents is 1. The first kappa shape index (κ1) is 9.58. The summed E-state index contributed by atoms with van der Waals surface area (Å²) in [6.45, 7) is 1.78. The summed E-state index contributed by atoms with van der Waals surface area (Å²) >= 11 is 0. The minimum atomic E-state index is -0.0296. The first-order chi connectivity index (χ1) is 7.09. The Hall–Kier alpha value is -1.97. The van der Waals surface area contributed by atoms with Gasteiger partial charge in [-0.3, -0.25) is 14.6 Å². The van der Waals surface area contributed by atoms with Crippen LogP contribution in [0.5, 0.6) is 5.75 Å². The maximum Gasteiger partial charge on any atom is 0.269 e. The van der Waals surface area contributed by atoms with Crippen LogP contribution in [0.4, 0.5) is 0 Å². The Labute approximate surface area is 86.8 Å². The minimum absolute atomic E-state index is 0.0296. The zero-order valence-corrected chi connectivity index (χ0v) is 8.61. The predicted molar refractivity (Wildman–Crippen MR) is 57.9 cm³/mol. The van der Waals surface area contributed by atoms with Gasteiger partial charge in [-0.1, -0.05) is 0 Å². The second kappa shape index (κ2) is 3.31. The van der Waals surface area contributed by atoms with Gasteiger partial charge in [0.25, 0.3) is 5.56 Å². The number of aryl methyl sites for hydroxylation is 1. The Morgan fingerprint density at radius 2 is 1.87 bits per heavy atom. The predicted octanol–water partition coefficient (Wildman–Crippen LogP) is 1.39. The number of phenols is 1. The van der Waals surface area contributed by atoms with Gasteiger partial charge >= 0.3 is 0 Å². The lowest BCUT2D eigenvalue weighted by Crippen LogP contribution is -2.12. The molecule has 0 aliphatic carbocycles. The van der Waals surface area contributed by atoms with Crippen LogP contribution in [-0.2, 0) is 7.05 Å². The van der Waals surface area contributed by atoms with Crippen molar-refractivity contribution in [1.82, 2.24) is 9.78 Å². The molecule has 0 radical (unpaired) electrons. The number of nitrogens with zero attached hydrogens (tertiary/aromatic N) is 1. The summed E-state index contributed by atoms with van der Waals surface area (Å²) in [7, 11) is 1.68. The zero-order chi connectivity index (χ0) is 11.0. The number of aromatic hydroxyl groups is 1. The van der Waals surface area contributed by atoms with Crippen LogP contribution in [0.1, 0.15) is 5.56 Å². The van der Waals surface area contributed by atoms with Crippen LogP contribution in [0, 0.1) is 6.92 Å². The molecule has 0 amide bonds. The van der Waals surface area contributed by atoms with Gasteiger partial charge in [0, 0.05) is 18.2 Å². The Balaban J connectivity index is 2.59. The molecule has 2 rings (SSSR count). The van der Waals surface area contributed by atoms with E-state index in [4.69, 9.17) is 5.11 Å². The maximum atomic E-state index is 11.5. The second-order valence-corrected chi connectivity index (χ2v) is 3.52. The Bertz CT molecular complexity index is 535. The van der Waals surface area contributed by atoms with Crippen molar-refractivity contribution in [3.8, 4) is 17.0 Å². The fourth-order valence-corrected chi connectivity index (χ4v) is 1.57. The molecule has 1 aromatic heterocycles. The van der Waals surface area contributed by atoms with Crippen molar-refractivity contribution >= 4 is 0 Å². The average Bonchev–Trinajstić information content (AvgIpc) is 2.47. The van der Waals surface area contributed by atoms with Crippen LogP contribution in [0.25, 0.3) is 11.3 Å². The van der Waals surface area contributed by atoms with Crippen molar-refractivity contribution in [1.29, 1.82) is 0 Å². The van der Waals surface area contributed by atoms with E-state index in [1.807, 2.05) is 0 Å². The standard InChI is InChI=1S/C11H12N2O2/c1-7-10(12-13(2)11(7)15)8-3-5-9(14)6-4-8/h3-6,12,14H,1-2H3. The molecule has 1 aromatic carbocycles. The van der Waals surface area contributed by atoms with Crippen molar-refractivity contribution in [3.63, 3.8) is 0 Å². The van der Waals surface area contributed by atoms with Crippen LogP contribution < -0.4 is 5.56 Å². The number of rotatable bonds is 1. The van der Waals surface area contributed by atoms with E-state index < -0.39 is 0 Å². The summed E-state index contributed by atoms with van der Waals surface area (Å²) in [6.07, 6.45) is 0. The zero-order valence-electron chi connectivity index (χ0n) is 8.61. The van der Waals surface area contributed by atoms with E-state index >= 15 is 0 Å². The number of benzene rings is 1. The van der Waals surface area contributed by atoms with Crippen molar-refractivity contribution < 1.29 is 5.11 Å². The summed E-state index contributed by atoms with van der Waals surface area (Å²) in [5.41, 5.74) is 2.34. The molecule has 0 spiro atoms. The molecule has 0 saturated heterocycles. The van der Waals surface area contributed by atoms with Crippen molar-refractivity contribution in [3.05, 3.63) is 40.2 Å². The van der Waals surface area contributed by atoms with Gasteiger partial charge in [0.2, 0.25) is 0 Å². The highest BCUT2D eigenvalue weighted by Crippen LogP contribution is 2.21. The highest BCUT2D eigenvalue weighted by Gasteiger charge is 2.09. The van der Waals surface area contributed by atoms with Crippen LogP contribution in [0.3, 0.4) is 0 Å². The highest BCUT2D eigenvalue weighted by atomic mass is 16.3. The first-order valence-electron chi connectivity index (χ1n) is 4.64. The van der Waals surface area contributed by atoms with Gasteiger partial charge in [-0.15, -0.1) is 0 Å². The molecule has 78 valence electrons. The van der Waals surface area contributed by atoms with E-state index in [1.165, 1.54) is 4.68 Å². The molecule has 15 heavy (non-hydrogen) atoms. The normalized spacial score (nSPS) is 10.5. The summed E-state index contributed by atoms with van der Waals surface area (Å²) in [5.74, 6) is 0.217. The van der Waals surface area contributed by atoms with Crippen molar-refractivity contribution in [2.45, 2.75) is 6.92 Å². The number of H-pyrrole nitrogens is 1. The molecule has 4 heteroatoms. The van der Waals surface area contributed by atoms with Crippen molar-refractivity contribution in [2.75, 3.05) is 0 Å². The Morgan fingerprint density at radius 3 is 2.33 bits per heavy atom. The molecule has 0 bridgehead atoms. The summed E-state index contributed by atoms with van der Waals surface area (Å²) < 4.78 is 1.44. The van der Waals surface area contributed by atoms with Gasteiger partial charge in [-0.2, -0.15) is 0 Å². The number of hydrogen-bond donors (Lipinski definition) is 2. The molecule has 0 saturated carbocycles. The topological polar surface area (TPSA) is 58.0 Å². The third-order valence-electron chi connectivity index (χ3n) is 2.44. The fourth-order valence-electron chi connectivity index (χ4n) is 1.57. The van der Waals surface area contributed by atoms with Crippen LogP contribution in [0.15, 0.2) is 29.1 Å². The maximum absolute atomic E-state index is 11.5. The van der Waals surface area contributed by atoms with Gasteiger partial charge in [-0.25, -0.2) is 0 Å². The average molecular weight is 204 g/mol. The van der Waals surface area contributed by atoms with E-state index in [9.17, 15) is 4.79 Å². The second-order valence-electron chi connectivity index (χ2n) is 3.52. The third-order valence-corrected chi connectivity index (χ3v) is 2.44. The molecule has 0 aliphatic rings. The minimum Gasteiger partial charge on any atom is -0.508 e. The largest absolute Gasteiger partial charge is 0.508 e. The lowest BCUT2D eigenvalue weighted by Gasteiger charge is -1.99. The van der Waals surface area contributed by atoms with Crippen LogP contribution >= 0.6 is 0 Å². The Morgan fingerprint density at radius 1 is 1.27 bits per heavy atom. The lowest BCUT2D eigenvalue weighted by molar-refractivity contribution is 0.475. The summed E-state index contributed by atoms with van der Waals surface area (Å²) in [5, 5.41) is 12.1. The summed E-state index contributed by atoms with van der Waals surface area (Å²) in [6, 6.07) is 6.74. The first-order valence-corrected chi connectivity index (χ1v) is 4.64. The highest BCUT2D eigenvalue weighted by molar-refractivity contribution is 5.62. The summed E-state index contributed by atoms with van der Waals surface area (Å²) in [4.78, 5) is 11.5. The van der Waals surface area contributed by atoms with Gasteiger partial charge < -0.3 is 5.11 Å². The van der Waals surface area contributed by atoms with E-state index in [2.05, 4.69) is 5.10 Å². The van der Waals surface area contributed by atoms with Crippen LogP contribution in [-0.4, -0.2) is 14.9 Å². The van der Waals surface area contributed by atoms with E-state index in [0.717, 1.165) is 11.3 Å².